The zero-order chi connectivity index (χ0) is 26.9. The van der Waals surface area contributed by atoms with Crippen molar-refractivity contribution in [3.63, 3.8) is 0 Å². The lowest BCUT2D eigenvalue weighted by Gasteiger charge is -2.29. The van der Waals surface area contributed by atoms with Gasteiger partial charge in [-0.15, -0.1) is 0 Å². The summed E-state index contributed by atoms with van der Waals surface area (Å²) in [6.45, 7) is 0. The number of anilines is 5. The first-order valence-electron chi connectivity index (χ1n) is 13.8. The quantitative estimate of drug-likeness (QED) is 0.226. The van der Waals surface area contributed by atoms with Crippen LogP contribution in [0.4, 0.5) is 28.4 Å². The lowest BCUT2D eigenvalue weighted by Crippen LogP contribution is -2.14. The van der Waals surface area contributed by atoms with Crippen LogP contribution in [0, 0.1) is 0 Å². The molecule has 0 aromatic heterocycles. The molecule has 6 aromatic rings. The van der Waals surface area contributed by atoms with E-state index in [4.69, 9.17) is 0 Å². The van der Waals surface area contributed by atoms with E-state index < -0.39 is 0 Å². The van der Waals surface area contributed by atoms with Crippen LogP contribution in [-0.4, -0.2) is 7.05 Å². The monoisotopic (exact) mass is 514 g/mol. The highest BCUT2D eigenvalue weighted by Gasteiger charge is 2.18. The van der Waals surface area contributed by atoms with Gasteiger partial charge in [-0.2, -0.15) is 0 Å². The van der Waals surface area contributed by atoms with E-state index >= 15 is 0 Å². The molecule has 1 aliphatic carbocycles. The molecular formula is C38H30N2. The van der Waals surface area contributed by atoms with Gasteiger partial charge in [0.2, 0.25) is 0 Å². The summed E-state index contributed by atoms with van der Waals surface area (Å²) >= 11 is 0. The minimum atomic E-state index is 0.935. The molecule has 1 aliphatic rings. The Labute approximate surface area is 235 Å². The van der Waals surface area contributed by atoms with E-state index in [2.05, 4.69) is 169 Å². The fourth-order valence-electron chi connectivity index (χ4n) is 5.90. The zero-order valence-electron chi connectivity index (χ0n) is 22.5. The lowest BCUT2D eigenvalue weighted by molar-refractivity contribution is 1.19. The molecule has 40 heavy (non-hydrogen) atoms. The molecule has 0 heterocycles. The Morgan fingerprint density at radius 3 is 2.02 bits per heavy atom. The van der Waals surface area contributed by atoms with Gasteiger partial charge < -0.3 is 9.80 Å². The summed E-state index contributed by atoms with van der Waals surface area (Å²) in [6.07, 6.45) is 9.73. The molecule has 0 N–H and O–H groups in total. The summed E-state index contributed by atoms with van der Waals surface area (Å²) in [5, 5.41) is 5.00. The highest BCUT2D eigenvalue weighted by atomic mass is 15.1. The molecular weight excluding hydrogens is 484 g/mol. The molecule has 0 unspecified atom stereocenters. The second-order valence-corrected chi connectivity index (χ2v) is 10.3. The molecule has 0 radical (unpaired) electrons. The number of para-hydroxylation sites is 1. The topological polar surface area (TPSA) is 6.48 Å². The molecule has 7 rings (SSSR count). The van der Waals surface area contributed by atoms with Crippen molar-refractivity contribution < 1.29 is 0 Å². The van der Waals surface area contributed by atoms with Gasteiger partial charge in [0.1, 0.15) is 0 Å². The maximum absolute atomic E-state index is 2.35. The van der Waals surface area contributed by atoms with Gasteiger partial charge in [0.25, 0.3) is 0 Å². The van der Waals surface area contributed by atoms with Gasteiger partial charge in [-0.05, 0) is 65.2 Å². The van der Waals surface area contributed by atoms with Crippen molar-refractivity contribution in [3.05, 3.63) is 157 Å². The highest BCUT2D eigenvalue weighted by molar-refractivity contribution is 6.02. The van der Waals surface area contributed by atoms with Gasteiger partial charge in [-0.25, -0.2) is 0 Å². The van der Waals surface area contributed by atoms with E-state index in [0.717, 1.165) is 23.5 Å². The van der Waals surface area contributed by atoms with Crippen LogP contribution in [-0.2, 0) is 6.42 Å². The van der Waals surface area contributed by atoms with E-state index in [1.165, 1.54) is 44.0 Å². The molecule has 192 valence electrons. The number of hydrogen-bond acceptors (Lipinski definition) is 2. The summed E-state index contributed by atoms with van der Waals surface area (Å²) in [5.41, 5.74) is 8.47. The van der Waals surface area contributed by atoms with Crippen molar-refractivity contribution in [1.82, 2.24) is 0 Å². The number of fused-ring (bicyclic) bond motifs is 3. The first kappa shape index (κ1) is 24.0. The van der Waals surface area contributed by atoms with E-state index in [1.54, 1.807) is 0 Å². The molecule has 0 aliphatic heterocycles. The van der Waals surface area contributed by atoms with Crippen LogP contribution in [0.5, 0.6) is 0 Å². The predicted molar refractivity (Wildman–Crippen MR) is 173 cm³/mol. The van der Waals surface area contributed by atoms with Crippen LogP contribution < -0.4 is 9.80 Å². The predicted octanol–water partition coefficient (Wildman–Crippen LogP) is 10.4. The summed E-state index contributed by atoms with van der Waals surface area (Å²) in [5.74, 6) is 0. The zero-order valence-corrected chi connectivity index (χ0v) is 22.5. The number of benzene rings is 6. The molecule has 0 bridgehead atoms. The third-order valence-electron chi connectivity index (χ3n) is 7.85. The number of rotatable bonds is 5. The number of allylic oxidation sites excluding steroid dienone is 3. The van der Waals surface area contributed by atoms with Gasteiger partial charge in [0.05, 0.1) is 11.4 Å². The van der Waals surface area contributed by atoms with E-state index in [9.17, 15) is 0 Å². The van der Waals surface area contributed by atoms with Gasteiger partial charge in [0, 0.05) is 40.4 Å². The average molecular weight is 515 g/mol. The van der Waals surface area contributed by atoms with Crippen LogP contribution in [0.2, 0.25) is 0 Å². The van der Waals surface area contributed by atoms with Crippen LogP contribution >= 0.6 is 0 Å². The van der Waals surface area contributed by atoms with Crippen LogP contribution in [0.3, 0.4) is 0 Å². The molecule has 0 fully saturated rings. The molecule has 2 heteroatoms. The minimum Gasteiger partial charge on any atom is -0.344 e. The molecule has 0 saturated carbocycles. The van der Waals surface area contributed by atoms with Gasteiger partial charge >= 0.3 is 0 Å². The summed E-state index contributed by atoms with van der Waals surface area (Å²) in [6, 6.07) is 45.8. The van der Waals surface area contributed by atoms with Gasteiger partial charge in [-0.1, -0.05) is 109 Å². The molecule has 0 amide bonds. The van der Waals surface area contributed by atoms with Crippen LogP contribution in [0.25, 0.3) is 27.6 Å². The largest absolute Gasteiger partial charge is 0.344 e. The fourth-order valence-corrected chi connectivity index (χ4v) is 5.90. The fraction of sp³-hybridized carbons (Fsp3) is 0.0526. The van der Waals surface area contributed by atoms with Crippen molar-refractivity contribution >= 4 is 56.1 Å². The Balaban J connectivity index is 1.34. The minimum absolute atomic E-state index is 0.935. The molecule has 6 aromatic carbocycles. The Morgan fingerprint density at radius 2 is 1.20 bits per heavy atom. The maximum atomic E-state index is 2.35. The maximum Gasteiger partial charge on any atom is 0.0564 e. The molecule has 2 nitrogen and oxygen atoms in total. The third-order valence-corrected chi connectivity index (χ3v) is 7.85. The standard InChI is InChI=1S/C38H30N2/c1-39(38-35-20-7-2-4-14-29(35)27-30-15-9-11-21-36(30)38)31-23-25-33(26-24-31)40(32-17-5-3-6-18-32)37-22-12-16-28-13-8-10-19-34(28)37/h2-13,15-27H,14H2,1H3. The van der Waals surface area contributed by atoms with Crippen LogP contribution in [0.1, 0.15) is 11.1 Å². The van der Waals surface area contributed by atoms with Crippen LogP contribution in [0.15, 0.2) is 146 Å². The molecule has 0 spiro atoms. The first-order chi connectivity index (χ1) is 19.8. The summed E-state index contributed by atoms with van der Waals surface area (Å²) < 4.78 is 0. The second-order valence-electron chi connectivity index (χ2n) is 10.3. The SMILES string of the molecule is CN(c1ccc(N(c2ccccc2)c2cccc3ccccc23)cc1)c1c2c(cc3ccccc13)CC=CC=C2. The molecule has 0 saturated heterocycles. The van der Waals surface area contributed by atoms with Crippen molar-refractivity contribution in [2.24, 2.45) is 0 Å². The third kappa shape index (κ3) is 4.24. The smallest absolute Gasteiger partial charge is 0.0564 e. The molecule has 0 atom stereocenters. The summed E-state index contributed by atoms with van der Waals surface area (Å²) in [7, 11) is 2.18. The normalized spacial score (nSPS) is 12.3. The van der Waals surface area contributed by atoms with Crippen molar-refractivity contribution in [1.29, 1.82) is 0 Å². The van der Waals surface area contributed by atoms with Crippen molar-refractivity contribution in [2.45, 2.75) is 6.42 Å². The van der Waals surface area contributed by atoms with E-state index in [-0.39, 0.29) is 0 Å². The Hall–Kier alpha value is -5.08. The number of nitrogens with zero attached hydrogens (tertiary/aromatic N) is 2. The first-order valence-corrected chi connectivity index (χ1v) is 13.8. The van der Waals surface area contributed by atoms with Crippen molar-refractivity contribution in [2.75, 3.05) is 16.8 Å². The Kier molecular flexibility index (Phi) is 6.14. The summed E-state index contributed by atoms with van der Waals surface area (Å²) in [4.78, 5) is 4.69. The van der Waals surface area contributed by atoms with Gasteiger partial charge in [0.15, 0.2) is 0 Å². The number of hydrogen-bond donors (Lipinski definition) is 0. The lowest BCUT2D eigenvalue weighted by atomic mass is 9.95. The van der Waals surface area contributed by atoms with Crippen molar-refractivity contribution in [3.8, 4) is 0 Å². The van der Waals surface area contributed by atoms with E-state index in [0.29, 0.717) is 0 Å². The van der Waals surface area contributed by atoms with Gasteiger partial charge in [-0.3, -0.25) is 0 Å². The highest BCUT2D eigenvalue weighted by Crippen LogP contribution is 2.42. The Morgan fingerprint density at radius 1 is 0.550 bits per heavy atom. The second kappa shape index (κ2) is 10.2. The average Bonchev–Trinajstić information content (AvgIpc) is 3.26. The van der Waals surface area contributed by atoms with E-state index in [1.807, 2.05) is 0 Å². The Bertz CT molecular complexity index is 1880.